The minimum atomic E-state index is -0.835. The van der Waals surface area contributed by atoms with Crippen LogP contribution in [-0.2, 0) is 14.3 Å². The largest absolute Gasteiger partial charge is 0.480 e. The number of hydrogen-bond acceptors (Lipinski definition) is 4. The SMILES string of the molecule is CN[C@H](C(=O)O)[C@@H](C)[C@@H]1COC2(CCCCC2)O1. The van der Waals surface area contributed by atoms with Crippen molar-refractivity contribution in [3.05, 3.63) is 0 Å². The van der Waals surface area contributed by atoms with Gasteiger partial charge in [0.2, 0.25) is 0 Å². The van der Waals surface area contributed by atoms with Crippen molar-refractivity contribution in [3.63, 3.8) is 0 Å². The maximum atomic E-state index is 11.1. The van der Waals surface area contributed by atoms with Crippen molar-refractivity contribution in [2.75, 3.05) is 13.7 Å². The van der Waals surface area contributed by atoms with Gasteiger partial charge in [0.05, 0.1) is 12.7 Å². The van der Waals surface area contributed by atoms with Gasteiger partial charge >= 0.3 is 5.97 Å². The van der Waals surface area contributed by atoms with Gasteiger partial charge in [0.1, 0.15) is 6.04 Å². The van der Waals surface area contributed by atoms with Gasteiger partial charge in [-0.1, -0.05) is 13.3 Å². The Bertz CT molecular complexity index is 301. The van der Waals surface area contributed by atoms with Crippen molar-refractivity contribution in [2.24, 2.45) is 5.92 Å². The smallest absolute Gasteiger partial charge is 0.321 e. The Morgan fingerprint density at radius 1 is 1.39 bits per heavy atom. The molecule has 1 saturated carbocycles. The fourth-order valence-corrected chi connectivity index (χ4v) is 3.02. The van der Waals surface area contributed by atoms with Crippen molar-refractivity contribution in [1.82, 2.24) is 5.32 Å². The molecule has 0 aromatic rings. The van der Waals surface area contributed by atoms with E-state index in [4.69, 9.17) is 14.6 Å². The van der Waals surface area contributed by atoms with Gasteiger partial charge in [-0.05, 0) is 19.9 Å². The molecular formula is C13H23NO4. The summed E-state index contributed by atoms with van der Waals surface area (Å²) >= 11 is 0. The molecule has 2 rings (SSSR count). The second-order valence-electron chi connectivity index (χ2n) is 5.40. The molecule has 1 aliphatic heterocycles. The first-order chi connectivity index (χ1) is 8.58. The Morgan fingerprint density at radius 2 is 2.06 bits per heavy atom. The van der Waals surface area contributed by atoms with Crippen LogP contribution in [0.15, 0.2) is 0 Å². The van der Waals surface area contributed by atoms with Crippen LogP contribution in [0.1, 0.15) is 39.0 Å². The first-order valence-electron chi connectivity index (χ1n) is 6.80. The monoisotopic (exact) mass is 257 g/mol. The maximum Gasteiger partial charge on any atom is 0.321 e. The van der Waals surface area contributed by atoms with E-state index in [-0.39, 0.29) is 12.0 Å². The molecule has 3 atom stereocenters. The summed E-state index contributed by atoms with van der Waals surface area (Å²) < 4.78 is 11.9. The first kappa shape index (κ1) is 13.8. The Labute approximate surface area is 108 Å². The highest BCUT2D eigenvalue weighted by atomic mass is 16.7. The zero-order valence-electron chi connectivity index (χ0n) is 11.1. The molecule has 5 heteroatoms. The second-order valence-corrected chi connectivity index (χ2v) is 5.40. The third kappa shape index (κ3) is 2.68. The van der Waals surface area contributed by atoms with E-state index in [2.05, 4.69) is 5.32 Å². The number of ether oxygens (including phenoxy) is 2. The van der Waals surface area contributed by atoms with E-state index in [0.29, 0.717) is 6.61 Å². The van der Waals surface area contributed by atoms with Gasteiger partial charge in [-0.3, -0.25) is 4.79 Å². The summed E-state index contributed by atoms with van der Waals surface area (Å²) in [5, 5.41) is 12.0. The normalized spacial score (nSPS) is 30.2. The summed E-state index contributed by atoms with van der Waals surface area (Å²) in [5.74, 6) is -1.36. The molecule has 1 aliphatic carbocycles. The predicted octanol–water partition coefficient (Wildman–Crippen LogP) is 1.37. The van der Waals surface area contributed by atoms with Crippen LogP contribution in [0.3, 0.4) is 0 Å². The highest BCUT2D eigenvalue weighted by Crippen LogP contribution is 2.39. The summed E-state index contributed by atoms with van der Waals surface area (Å²) in [6.07, 6.45) is 5.26. The fourth-order valence-electron chi connectivity index (χ4n) is 3.02. The van der Waals surface area contributed by atoms with E-state index in [1.807, 2.05) is 6.92 Å². The lowest BCUT2D eigenvalue weighted by Crippen LogP contribution is -2.45. The third-order valence-electron chi connectivity index (χ3n) is 4.18. The molecule has 2 fully saturated rings. The standard InChI is InChI=1S/C13H23NO4/c1-9(11(14-2)12(15)16)10-8-17-13(18-10)6-4-3-5-7-13/h9-11,14H,3-8H2,1-2H3,(H,15,16)/t9-,10-,11-/m0/s1. The van der Waals surface area contributed by atoms with Crippen LogP contribution in [0.25, 0.3) is 0 Å². The van der Waals surface area contributed by atoms with Crippen molar-refractivity contribution in [1.29, 1.82) is 0 Å². The number of hydrogen-bond donors (Lipinski definition) is 2. The van der Waals surface area contributed by atoms with E-state index in [1.54, 1.807) is 7.05 Å². The van der Waals surface area contributed by atoms with Gasteiger partial charge in [-0.15, -0.1) is 0 Å². The highest BCUT2D eigenvalue weighted by molar-refractivity contribution is 5.73. The Balaban J connectivity index is 1.97. The molecule has 0 bridgehead atoms. The molecule has 0 unspecified atom stereocenters. The molecule has 1 heterocycles. The van der Waals surface area contributed by atoms with E-state index in [1.165, 1.54) is 6.42 Å². The zero-order valence-corrected chi connectivity index (χ0v) is 11.1. The van der Waals surface area contributed by atoms with Crippen LogP contribution >= 0.6 is 0 Å². The molecule has 2 aliphatic rings. The molecule has 0 amide bonds. The predicted molar refractivity (Wildman–Crippen MR) is 66.3 cm³/mol. The third-order valence-corrected chi connectivity index (χ3v) is 4.18. The number of nitrogens with one attached hydrogen (secondary N) is 1. The quantitative estimate of drug-likeness (QED) is 0.796. The van der Waals surface area contributed by atoms with E-state index in [0.717, 1.165) is 25.7 Å². The molecule has 0 radical (unpaired) electrons. The molecule has 5 nitrogen and oxygen atoms in total. The van der Waals surface area contributed by atoms with Gasteiger partial charge in [0.25, 0.3) is 0 Å². The molecule has 18 heavy (non-hydrogen) atoms. The van der Waals surface area contributed by atoms with Crippen LogP contribution < -0.4 is 5.32 Å². The van der Waals surface area contributed by atoms with Gasteiger partial charge in [-0.25, -0.2) is 0 Å². The number of rotatable bonds is 4. The lowest BCUT2D eigenvalue weighted by molar-refractivity contribution is -0.192. The lowest BCUT2D eigenvalue weighted by atomic mass is 9.93. The van der Waals surface area contributed by atoms with Gasteiger partial charge in [0.15, 0.2) is 5.79 Å². The number of likely N-dealkylation sites (N-methyl/N-ethyl adjacent to an activating group) is 1. The summed E-state index contributed by atoms with van der Waals surface area (Å²) in [6.45, 7) is 2.41. The average Bonchev–Trinajstić information content (AvgIpc) is 2.74. The van der Waals surface area contributed by atoms with Crippen LogP contribution in [0.4, 0.5) is 0 Å². The Kier molecular flexibility index (Phi) is 4.25. The number of carboxylic acid groups (broad SMARTS) is 1. The summed E-state index contributed by atoms with van der Waals surface area (Å²) in [6, 6.07) is -0.586. The average molecular weight is 257 g/mol. The molecule has 1 spiro atoms. The van der Waals surface area contributed by atoms with Gasteiger partial charge in [0, 0.05) is 18.8 Å². The molecule has 2 N–H and O–H groups in total. The minimum Gasteiger partial charge on any atom is -0.480 e. The number of aliphatic carboxylic acids is 1. The van der Waals surface area contributed by atoms with Crippen molar-refractivity contribution in [2.45, 2.75) is 57.0 Å². The highest BCUT2D eigenvalue weighted by Gasteiger charge is 2.45. The van der Waals surface area contributed by atoms with E-state index in [9.17, 15) is 4.79 Å². The van der Waals surface area contributed by atoms with Crippen molar-refractivity contribution >= 4 is 5.97 Å². The second kappa shape index (κ2) is 5.55. The van der Waals surface area contributed by atoms with E-state index < -0.39 is 17.8 Å². The van der Waals surface area contributed by atoms with E-state index >= 15 is 0 Å². The van der Waals surface area contributed by atoms with Crippen LogP contribution in [-0.4, -0.2) is 42.7 Å². The summed E-state index contributed by atoms with van der Waals surface area (Å²) in [4.78, 5) is 11.1. The molecule has 104 valence electrons. The zero-order chi connectivity index (χ0) is 13.2. The van der Waals surface area contributed by atoms with Crippen LogP contribution in [0.2, 0.25) is 0 Å². The van der Waals surface area contributed by atoms with Crippen LogP contribution in [0.5, 0.6) is 0 Å². The van der Waals surface area contributed by atoms with Crippen molar-refractivity contribution < 1.29 is 19.4 Å². The van der Waals surface area contributed by atoms with Gasteiger partial charge < -0.3 is 19.9 Å². The summed E-state index contributed by atoms with van der Waals surface area (Å²) in [7, 11) is 1.67. The van der Waals surface area contributed by atoms with Gasteiger partial charge in [-0.2, -0.15) is 0 Å². The minimum absolute atomic E-state index is 0.103. The van der Waals surface area contributed by atoms with Crippen LogP contribution in [0, 0.1) is 5.92 Å². The molecular weight excluding hydrogens is 234 g/mol. The molecule has 0 aromatic heterocycles. The Hall–Kier alpha value is -0.650. The topological polar surface area (TPSA) is 67.8 Å². The molecule has 1 saturated heterocycles. The maximum absolute atomic E-state index is 11.1. The lowest BCUT2D eigenvalue weighted by Gasteiger charge is -2.33. The Morgan fingerprint density at radius 3 is 2.61 bits per heavy atom. The number of carbonyl (C=O) groups is 1. The first-order valence-corrected chi connectivity index (χ1v) is 6.80. The van der Waals surface area contributed by atoms with Crippen molar-refractivity contribution in [3.8, 4) is 0 Å². The summed E-state index contributed by atoms with van der Waals surface area (Å²) in [5.41, 5.74) is 0. The fraction of sp³-hybridized carbons (Fsp3) is 0.923. The molecule has 0 aromatic carbocycles. The number of carboxylic acids is 1.